The number of sulfonamides is 1. The van der Waals surface area contributed by atoms with Gasteiger partial charge in [0.25, 0.3) is 0 Å². The molecule has 10 heteroatoms. The van der Waals surface area contributed by atoms with Crippen molar-refractivity contribution in [3.05, 3.63) is 102 Å². The van der Waals surface area contributed by atoms with Gasteiger partial charge in [-0.1, -0.05) is 55.8 Å². The normalized spacial score (nSPS) is 12.0. The van der Waals surface area contributed by atoms with Gasteiger partial charge in [-0.05, 0) is 60.4 Å². The smallest absolute Gasteiger partial charge is 0.243 e. The molecular weight excluding hydrogens is 548 g/mol. The molecule has 220 valence electrons. The fraction of sp³-hybridized carbons (Fsp3) is 0.355. The number of hydrogen-bond donors (Lipinski definition) is 1. The zero-order valence-electron chi connectivity index (χ0n) is 23.4. The van der Waals surface area contributed by atoms with Gasteiger partial charge in [-0.2, -0.15) is 0 Å². The SMILES string of the molecule is CCCCNC(=O)C(Cc1ccccc1)N(Cc1ccc(F)cc1)C(=O)CCCN(c1ccc(F)cc1)S(C)(=O)=O. The first-order chi connectivity index (χ1) is 19.6. The average molecular weight is 586 g/mol. The van der Waals surface area contributed by atoms with E-state index in [-0.39, 0.29) is 44.2 Å². The molecule has 3 aromatic rings. The number of unbranched alkanes of at least 4 members (excludes halogenated alkanes) is 1. The van der Waals surface area contributed by atoms with Crippen LogP contribution in [0.4, 0.5) is 14.5 Å². The van der Waals surface area contributed by atoms with Gasteiger partial charge in [0.1, 0.15) is 17.7 Å². The molecule has 0 fully saturated rings. The highest BCUT2D eigenvalue weighted by molar-refractivity contribution is 7.92. The summed E-state index contributed by atoms with van der Waals surface area (Å²) in [6.45, 7) is 2.56. The molecule has 0 spiro atoms. The van der Waals surface area contributed by atoms with Crippen LogP contribution in [-0.4, -0.2) is 50.5 Å². The number of carbonyl (C=O) groups is 2. The Labute approximate surface area is 241 Å². The zero-order chi connectivity index (χ0) is 29.8. The maximum absolute atomic E-state index is 13.7. The van der Waals surface area contributed by atoms with E-state index in [1.807, 2.05) is 37.3 Å². The first-order valence-corrected chi connectivity index (χ1v) is 15.5. The van der Waals surface area contributed by atoms with E-state index in [1.54, 1.807) is 12.1 Å². The van der Waals surface area contributed by atoms with Gasteiger partial charge in [0.2, 0.25) is 21.8 Å². The molecule has 1 atom stereocenters. The third-order valence-electron chi connectivity index (χ3n) is 6.63. The van der Waals surface area contributed by atoms with Crippen molar-refractivity contribution in [1.82, 2.24) is 10.2 Å². The second kappa shape index (κ2) is 15.3. The lowest BCUT2D eigenvalue weighted by atomic mass is 10.0. The highest BCUT2D eigenvalue weighted by Gasteiger charge is 2.30. The van der Waals surface area contributed by atoms with Crippen molar-refractivity contribution in [2.45, 2.75) is 51.6 Å². The Morgan fingerprint density at radius 2 is 1.46 bits per heavy atom. The summed E-state index contributed by atoms with van der Waals surface area (Å²) in [6.07, 6.45) is 3.14. The third kappa shape index (κ3) is 9.97. The van der Waals surface area contributed by atoms with Crippen LogP contribution in [0.3, 0.4) is 0 Å². The molecule has 0 aliphatic heterocycles. The molecule has 1 N–H and O–H groups in total. The molecule has 3 rings (SSSR count). The number of amides is 2. The Kier molecular flexibility index (Phi) is 11.8. The maximum Gasteiger partial charge on any atom is 0.243 e. The van der Waals surface area contributed by atoms with E-state index in [9.17, 15) is 26.8 Å². The summed E-state index contributed by atoms with van der Waals surface area (Å²) in [5.74, 6) is -1.53. The summed E-state index contributed by atoms with van der Waals surface area (Å²) in [5.41, 5.74) is 1.82. The summed E-state index contributed by atoms with van der Waals surface area (Å²) in [7, 11) is -3.70. The van der Waals surface area contributed by atoms with E-state index in [0.717, 1.165) is 29.0 Å². The molecule has 41 heavy (non-hydrogen) atoms. The van der Waals surface area contributed by atoms with Gasteiger partial charge in [-0.3, -0.25) is 13.9 Å². The monoisotopic (exact) mass is 585 g/mol. The fourth-order valence-electron chi connectivity index (χ4n) is 4.46. The number of carbonyl (C=O) groups excluding carboxylic acids is 2. The van der Waals surface area contributed by atoms with E-state index in [4.69, 9.17) is 0 Å². The number of rotatable bonds is 15. The highest BCUT2D eigenvalue weighted by Crippen LogP contribution is 2.21. The molecule has 0 heterocycles. The first kappa shape index (κ1) is 31.7. The van der Waals surface area contributed by atoms with Crippen molar-refractivity contribution in [3.8, 4) is 0 Å². The summed E-state index contributed by atoms with van der Waals surface area (Å²) in [5, 5.41) is 2.94. The Hall–Kier alpha value is -3.79. The van der Waals surface area contributed by atoms with Crippen LogP contribution in [-0.2, 0) is 32.6 Å². The van der Waals surface area contributed by atoms with Gasteiger partial charge in [-0.25, -0.2) is 17.2 Å². The van der Waals surface area contributed by atoms with Gasteiger partial charge in [-0.15, -0.1) is 0 Å². The Morgan fingerprint density at radius 1 is 0.854 bits per heavy atom. The van der Waals surface area contributed by atoms with Crippen molar-refractivity contribution in [2.75, 3.05) is 23.7 Å². The largest absolute Gasteiger partial charge is 0.354 e. The molecule has 1 unspecified atom stereocenters. The highest BCUT2D eigenvalue weighted by atomic mass is 32.2. The van der Waals surface area contributed by atoms with Gasteiger partial charge in [0, 0.05) is 32.5 Å². The first-order valence-electron chi connectivity index (χ1n) is 13.7. The van der Waals surface area contributed by atoms with Crippen LogP contribution in [0.1, 0.15) is 43.7 Å². The van der Waals surface area contributed by atoms with Crippen LogP contribution in [0, 0.1) is 11.6 Å². The molecule has 7 nitrogen and oxygen atoms in total. The quantitative estimate of drug-likeness (QED) is 0.253. The summed E-state index contributed by atoms with van der Waals surface area (Å²) >= 11 is 0. The maximum atomic E-state index is 13.7. The predicted molar refractivity (Wildman–Crippen MR) is 157 cm³/mol. The molecule has 0 aliphatic rings. The van der Waals surface area contributed by atoms with Crippen LogP contribution in [0.25, 0.3) is 0 Å². The minimum atomic E-state index is -3.70. The number of hydrogen-bond acceptors (Lipinski definition) is 4. The average Bonchev–Trinajstić information content (AvgIpc) is 2.94. The summed E-state index contributed by atoms with van der Waals surface area (Å²) < 4.78 is 53.1. The van der Waals surface area contributed by atoms with Gasteiger partial charge in [0.15, 0.2) is 0 Å². The van der Waals surface area contributed by atoms with Gasteiger partial charge in [0.05, 0.1) is 11.9 Å². The van der Waals surface area contributed by atoms with Crippen molar-refractivity contribution >= 4 is 27.5 Å². The fourth-order valence-corrected chi connectivity index (χ4v) is 5.42. The van der Waals surface area contributed by atoms with E-state index in [0.29, 0.717) is 17.8 Å². The van der Waals surface area contributed by atoms with E-state index in [2.05, 4.69) is 5.32 Å². The second-order valence-electron chi connectivity index (χ2n) is 9.91. The number of benzene rings is 3. The number of nitrogens with one attached hydrogen (secondary N) is 1. The van der Waals surface area contributed by atoms with E-state index < -0.39 is 27.7 Å². The van der Waals surface area contributed by atoms with Crippen molar-refractivity contribution < 1.29 is 26.8 Å². The molecule has 0 bridgehead atoms. The minimum absolute atomic E-state index is 0.00730. The number of nitrogens with zero attached hydrogens (tertiary/aromatic N) is 2. The van der Waals surface area contributed by atoms with Crippen LogP contribution < -0.4 is 9.62 Å². The molecule has 3 aromatic carbocycles. The lowest BCUT2D eigenvalue weighted by Crippen LogP contribution is -2.50. The van der Waals surface area contributed by atoms with Crippen LogP contribution in [0.5, 0.6) is 0 Å². The van der Waals surface area contributed by atoms with Crippen molar-refractivity contribution in [1.29, 1.82) is 0 Å². The minimum Gasteiger partial charge on any atom is -0.354 e. The van der Waals surface area contributed by atoms with Crippen LogP contribution in [0.2, 0.25) is 0 Å². The molecule has 0 aliphatic carbocycles. The molecule has 0 radical (unpaired) electrons. The summed E-state index contributed by atoms with van der Waals surface area (Å²) in [4.78, 5) is 28.7. The lowest BCUT2D eigenvalue weighted by Gasteiger charge is -2.32. The lowest BCUT2D eigenvalue weighted by molar-refractivity contribution is -0.141. The van der Waals surface area contributed by atoms with Crippen LogP contribution in [0.15, 0.2) is 78.9 Å². The van der Waals surface area contributed by atoms with Crippen molar-refractivity contribution in [2.24, 2.45) is 0 Å². The molecule has 0 saturated carbocycles. The Bertz CT molecular complexity index is 1370. The standard InChI is InChI=1S/C31H37F2N3O4S/c1-3-4-20-34-31(38)29(22-24-9-6-5-7-10-24)35(23-25-12-14-26(32)15-13-25)30(37)11-8-21-36(41(2,39)40)28-18-16-27(33)17-19-28/h5-7,9-10,12-19,29H,3-4,8,11,20-23H2,1-2H3,(H,34,38). The second-order valence-corrected chi connectivity index (χ2v) is 11.8. The van der Waals surface area contributed by atoms with E-state index in [1.165, 1.54) is 41.3 Å². The van der Waals surface area contributed by atoms with Gasteiger partial charge < -0.3 is 10.2 Å². The number of anilines is 1. The molecule has 2 amide bonds. The molecular formula is C31H37F2N3O4S. The van der Waals surface area contributed by atoms with Crippen LogP contribution >= 0.6 is 0 Å². The zero-order valence-corrected chi connectivity index (χ0v) is 24.2. The Balaban J connectivity index is 1.86. The number of halogens is 2. The van der Waals surface area contributed by atoms with Gasteiger partial charge >= 0.3 is 0 Å². The van der Waals surface area contributed by atoms with Crippen molar-refractivity contribution in [3.63, 3.8) is 0 Å². The molecule has 0 aromatic heterocycles. The molecule has 0 saturated heterocycles. The topological polar surface area (TPSA) is 86.8 Å². The summed E-state index contributed by atoms with van der Waals surface area (Å²) in [6, 6.07) is 19.4. The Morgan fingerprint density at radius 3 is 2.05 bits per heavy atom. The third-order valence-corrected chi connectivity index (χ3v) is 7.83. The van der Waals surface area contributed by atoms with E-state index >= 15 is 0 Å². The predicted octanol–water partition coefficient (Wildman–Crippen LogP) is 5.07.